The number of methoxy groups -OCH3 is 3. The maximum Gasteiger partial charge on any atom is 0.466 e. The van der Waals surface area contributed by atoms with Crippen LogP contribution in [0, 0.1) is 0 Å². The van der Waals surface area contributed by atoms with Crippen molar-refractivity contribution in [3.05, 3.63) is 17.7 Å². The predicted molar refractivity (Wildman–Crippen MR) is 111 cm³/mol. The third kappa shape index (κ3) is 6.58. The number of benzene rings is 1. The van der Waals surface area contributed by atoms with Gasteiger partial charge in [-0.1, -0.05) is 16.9 Å². The summed E-state index contributed by atoms with van der Waals surface area (Å²) in [5.41, 5.74) is -0.786. The molecule has 5 atom stereocenters. The van der Waals surface area contributed by atoms with Crippen molar-refractivity contribution in [3.63, 3.8) is 0 Å². The first-order valence-corrected chi connectivity index (χ1v) is 11.3. The number of oxime groups is 1. The molecule has 1 aromatic carbocycles. The molecule has 0 bridgehead atoms. The van der Waals surface area contributed by atoms with Gasteiger partial charge in [-0.2, -0.15) is 8.42 Å². The number of aliphatic hydroxyl groups is 4. The zero-order chi connectivity index (χ0) is 24.1. The zero-order valence-electron chi connectivity index (χ0n) is 17.3. The lowest BCUT2D eigenvalue weighted by Gasteiger charge is -2.39. The summed E-state index contributed by atoms with van der Waals surface area (Å²) >= 11 is 0.653. The average molecular weight is 500 g/mol. The first-order valence-electron chi connectivity index (χ1n) is 9.03. The normalized spacial score (nSPS) is 26.5. The molecule has 2 rings (SSSR count). The van der Waals surface area contributed by atoms with Crippen molar-refractivity contribution in [2.45, 2.75) is 36.3 Å². The van der Waals surface area contributed by atoms with E-state index in [1.165, 1.54) is 21.3 Å². The summed E-state index contributed by atoms with van der Waals surface area (Å²) in [6.07, 6.45) is -6.14. The first kappa shape index (κ1) is 26.4. The smallest absolute Gasteiger partial charge is 0.466 e. The third-order valence-electron chi connectivity index (χ3n) is 4.41. The molecule has 1 heterocycles. The molecule has 1 aliphatic heterocycles. The highest BCUT2D eigenvalue weighted by atomic mass is 32.3. The lowest BCUT2D eigenvalue weighted by Crippen LogP contribution is -2.57. The fourth-order valence-corrected chi connectivity index (χ4v) is 4.22. The van der Waals surface area contributed by atoms with E-state index in [0.717, 1.165) is 0 Å². The second-order valence-corrected chi connectivity index (χ2v) is 8.69. The molecule has 1 aliphatic rings. The summed E-state index contributed by atoms with van der Waals surface area (Å²) < 4.78 is 56.1. The first-order chi connectivity index (χ1) is 15.0. The van der Waals surface area contributed by atoms with Gasteiger partial charge in [0.2, 0.25) is 5.75 Å². The minimum Gasteiger partial charge on any atom is -0.493 e. The Morgan fingerprint density at radius 2 is 1.66 bits per heavy atom. The average Bonchev–Trinajstić information content (AvgIpc) is 2.76. The molecule has 182 valence electrons. The van der Waals surface area contributed by atoms with Gasteiger partial charge in [-0.3, -0.25) is 4.55 Å². The molecule has 15 heteroatoms. The van der Waals surface area contributed by atoms with Crippen LogP contribution >= 0.6 is 11.8 Å². The third-order valence-corrected chi connectivity index (χ3v) is 5.79. The maximum absolute atomic E-state index is 11.0. The van der Waals surface area contributed by atoms with Crippen molar-refractivity contribution in [3.8, 4) is 17.2 Å². The molecule has 0 amide bonds. The van der Waals surface area contributed by atoms with Crippen LogP contribution in [0.25, 0.3) is 0 Å². The van der Waals surface area contributed by atoms with E-state index >= 15 is 0 Å². The lowest BCUT2D eigenvalue weighted by molar-refractivity contribution is -0.205. The van der Waals surface area contributed by atoms with Gasteiger partial charge >= 0.3 is 10.4 Å². The molecule has 0 aliphatic carbocycles. The Morgan fingerprint density at radius 3 is 2.12 bits per heavy atom. The van der Waals surface area contributed by atoms with Gasteiger partial charge in [0.1, 0.15) is 34.9 Å². The molecular weight excluding hydrogens is 474 g/mol. The largest absolute Gasteiger partial charge is 0.493 e. The van der Waals surface area contributed by atoms with E-state index in [1.807, 2.05) is 0 Å². The van der Waals surface area contributed by atoms with E-state index in [4.69, 9.17) is 23.5 Å². The van der Waals surface area contributed by atoms with Gasteiger partial charge < -0.3 is 39.4 Å². The summed E-state index contributed by atoms with van der Waals surface area (Å²) in [7, 11) is -0.716. The standard InChI is InChI=1S/C17H25NO12S2/c1-26-9-4-8(5-10(27-2)16(9)28-3)6-12(18-30-32(23,24)25)31-17-15(22)14(21)13(20)11(7-19)29-17/h4-5,11,13-15,17,19-22H,6-7H2,1-3H3,(H,23,24,25)/t11-,13+,14+,15-,17+/m0/s1. The van der Waals surface area contributed by atoms with Crippen LogP contribution in [-0.4, -0.2) is 96.2 Å². The Morgan fingerprint density at radius 1 is 1.06 bits per heavy atom. The van der Waals surface area contributed by atoms with Gasteiger partial charge in [0.25, 0.3) is 0 Å². The zero-order valence-corrected chi connectivity index (χ0v) is 18.9. The second-order valence-electron chi connectivity index (χ2n) is 6.51. The van der Waals surface area contributed by atoms with Gasteiger partial charge in [-0.05, 0) is 17.7 Å². The summed E-state index contributed by atoms with van der Waals surface area (Å²) in [5, 5.41) is 42.7. The van der Waals surface area contributed by atoms with Crippen molar-refractivity contribution in [2.24, 2.45) is 5.16 Å². The van der Waals surface area contributed by atoms with Crippen LogP contribution in [-0.2, 0) is 25.8 Å². The molecule has 1 fully saturated rings. The number of nitrogens with zero attached hydrogens (tertiary/aromatic N) is 1. The van der Waals surface area contributed by atoms with E-state index in [1.54, 1.807) is 12.1 Å². The number of thioether (sulfide) groups is 1. The molecule has 1 saturated heterocycles. The monoisotopic (exact) mass is 499 g/mol. The molecule has 5 N–H and O–H groups in total. The molecule has 32 heavy (non-hydrogen) atoms. The quantitative estimate of drug-likeness (QED) is 0.119. The van der Waals surface area contributed by atoms with E-state index in [-0.39, 0.29) is 11.5 Å². The SMILES string of the molecule is COc1cc(CC(=NOS(=O)(=O)O)S[C@H]2O[C@@H](CO)[C@@H](O)[C@@H](O)[C@@H]2O)cc(OC)c1OC. The van der Waals surface area contributed by atoms with Crippen LogP contribution in [0.15, 0.2) is 17.3 Å². The predicted octanol–water partition coefficient (Wildman–Crippen LogP) is -1.08. The van der Waals surface area contributed by atoms with E-state index in [2.05, 4.69) is 9.44 Å². The topological polar surface area (TPSA) is 194 Å². The van der Waals surface area contributed by atoms with Crippen molar-refractivity contribution in [1.82, 2.24) is 0 Å². The summed E-state index contributed by atoms with van der Waals surface area (Å²) in [5.74, 6) is 0.914. The molecule has 0 spiro atoms. The highest BCUT2D eigenvalue weighted by molar-refractivity contribution is 8.14. The highest BCUT2D eigenvalue weighted by Gasteiger charge is 2.44. The Balaban J connectivity index is 2.36. The second kappa shape index (κ2) is 11.3. The van der Waals surface area contributed by atoms with Crippen LogP contribution in [0.1, 0.15) is 5.56 Å². The lowest BCUT2D eigenvalue weighted by atomic mass is 10.0. The van der Waals surface area contributed by atoms with Gasteiger partial charge in [-0.25, -0.2) is 4.28 Å². The number of ether oxygens (including phenoxy) is 4. The van der Waals surface area contributed by atoms with Crippen molar-refractivity contribution in [1.29, 1.82) is 0 Å². The van der Waals surface area contributed by atoms with Gasteiger partial charge in [0.15, 0.2) is 11.5 Å². The van der Waals surface area contributed by atoms with Crippen LogP contribution < -0.4 is 14.2 Å². The van der Waals surface area contributed by atoms with Crippen molar-refractivity contribution < 1.29 is 56.6 Å². The molecular formula is C17H25NO12S2. The van der Waals surface area contributed by atoms with Crippen LogP contribution in [0.3, 0.4) is 0 Å². The highest BCUT2D eigenvalue weighted by Crippen LogP contribution is 2.39. The number of hydrogen-bond acceptors (Lipinski definition) is 13. The Kier molecular flexibility index (Phi) is 9.35. The molecule has 0 unspecified atom stereocenters. The maximum atomic E-state index is 11.0. The fourth-order valence-electron chi connectivity index (χ4n) is 2.90. The molecule has 0 aromatic heterocycles. The minimum atomic E-state index is -4.94. The molecule has 0 radical (unpaired) electrons. The van der Waals surface area contributed by atoms with Crippen molar-refractivity contribution >= 4 is 27.2 Å². The van der Waals surface area contributed by atoms with E-state index < -0.39 is 46.9 Å². The Bertz CT molecular complexity index is 882. The molecule has 1 aromatic rings. The van der Waals surface area contributed by atoms with E-state index in [9.17, 15) is 28.8 Å². The van der Waals surface area contributed by atoms with Crippen LogP contribution in [0.5, 0.6) is 17.2 Å². The van der Waals surface area contributed by atoms with Crippen LogP contribution in [0.4, 0.5) is 0 Å². The summed E-state index contributed by atoms with van der Waals surface area (Å²) in [6, 6.07) is 3.11. The van der Waals surface area contributed by atoms with E-state index in [0.29, 0.717) is 34.6 Å². The Labute approximate surface area is 188 Å². The van der Waals surface area contributed by atoms with Crippen molar-refractivity contribution in [2.75, 3.05) is 27.9 Å². The number of rotatable bonds is 9. The fraction of sp³-hybridized carbons (Fsp3) is 0.588. The summed E-state index contributed by atoms with van der Waals surface area (Å²) in [6.45, 7) is -0.650. The van der Waals surface area contributed by atoms with Gasteiger partial charge in [-0.15, -0.1) is 0 Å². The van der Waals surface area contributed by atoms with Gasteiger partial charge in [0.05, 0.1) is 27.9 Å². The van der Waals surface area contributed by atoms with Crippen LogP contribution in [0.2, 0.25) is 0 Å². The Hall–Kier alpha value is -1.85. The van der Waals surface area contributed by atoms with Gasteiger partial charge in [0, 0.05) is 6.42 Å². The number of hydrogen-bond donors (Lipinski definition) is 5. The molecule has 13 nitrogen and oxygen atoms in total. The minimum absolute atomic E-state index is 0.110. The molecule has 0 saturated carbocycles. The number of aliphatic hydroxyl groups excluding tert-OH is 4. The summed E-state index contributed by atoms with van der Waals surface area (Å²) in [4.78, 5) is 0.